The molecule has 0 spiro atoms. The van der Waals surface area contributed by atoms with Gasteiger partial charge in [0.25, 0.3) is 0 Å². The van der Waals surface area contributed by atoms with Crippen molar-refractivity contribution in [1.82, 2.24) is 15.2 Å². The SMILES string of the molecule is COCC1(CNC(=O)Cn2c(C)c(C)sc2=O)CCNCC1.Cl. The molecule has 8 heteroatoms. The molecule has 0 radical (unpaired) electrons. The second kappa shape index (κ2) is 8.82. The van der Waals surface area contributed by atoms with Gasteiger partial charge in [-0.1, -0.05) is 11.3 Å². The number of rotatable bonds is 6. The van der Waals surface area contributed by atoms with E-state index in [1.54, 1.807) is 11.7 Å². The molecule has 1 aromatic rings. The van der Waals surface area contributed by atoms with Crippen LogP contribution in [-0.2, 0) is 16.1 Å². The molecule has 1 fully saturated rings. The first kappa shape index (κ1) is 20.2. The fraction of sp³-hybridized carbons (Fsp3) is 0.733. The van der Waals surface area contributed by atoms with Gasteiger partial charge in [0.05, 0.1) is 6.61 Å². The molecule has 2 N–H and O–H groups in total. The Hall–Kier alpha value is -0.890. The normalized spacial score (nSPS) is 16.7. The molecule has 23 heavy (non-hydrogen) atoms. The van der Waals surface area contributed by atoms with Crippen molar-refractivity contribution in [2.24, 2.45) is 5.41 Å². The number of amides is 1. The highest BCUT2D eigenvalue weighted by Gasteiger charge is 2.32. The van der Waals surface area contributed by atoms with Crippen LogP contribution in [0.15, 0.2) is 4.79 Å². The summed E-state index contributed by atoms with van der Waals surface area (Å²) in [5, 5.41) is 6.32. The van der Waals surface area contributed by atoms with Gasteiger partial charge in [-0.05, 0) is 39.8 Å². The summed E-state index contributed by atoms with van der Waals surface area (Å²) in [7, 11) is 1.70. The molecule has 6 nitrogen and oxygen atoms in total. The van der Waals surface area contributed by atoms with Gasteiger partial charge >= 0.3 is 4.87 Å². The summed E-state index contributed by atoms with van der Waals surface area (Å²) in [5.41, 5.74) is 0.874. The van der Waals surface area contributed by atoms with E-state index in [0.717, 1.165) is 36.5 Å². The van der Waals surface area contributed by atoms with Crippen LogP contribution < -0.4 is 15.5 Å². The Morgan fingerprint density at radius 2 is 2.04 bits per heavy atom. The number of methoxy groups -OCH3 is 1. The lowest BCUT2D eigenvalue weighted by Gasteiger charge is -2.37. The van der Waals surface area contributed by atoms with Crippen LogP contribution in [0.4, 0.5) is 0 Å². The molecular weight excluding hydrogens is 338 g/mol. The number of ether oxygens (including phenoxy) is 1. The van der Waals surface area contributed by atoms with Crippen molar-refractivity contribution >= 4 is 29.7 Å². The number of hydrogen-bond acceptors (Lipinski definition) is 5. The van der Waals surface area contributed by atoms with E-state index in [0.29, 0.717) is 13.2 Å². The van der Waals surface area contributed by atoms with Crippen LogP contribution in [0.2, 0.25) is 0 Å². The number of aryl methyl sites for hydroxylation is 1. The van der Waals surface area contributed by atoms with Crippen molar-refractivity contribution in [2.75, 3.05) is 33.4 Å². The molecule has 2 rings (SSSR count). The zero-order valence-electron chi connectivity index (χ0n) is 13.9. The maximum atomic E-state index is 12.2. The minimum atomic E-state index is -0.114. The number of thiazole rings is 1. The Kier molecular flexibility index (Phi) is 7.73. The highest BCUT2D eigenvalue weighted by atomic mass is 35.5. The van der Waals surface area contributed by atoms with Crippen molar-refractivity contribution in [3.63, 3.8) is 0 Å². The van der Waals surface area contributed by atoms with E-state index in [1.807, 2.05) is 13.8 Å². The van der Waals surface area contributed by atoms with Gasteiger partial charge in [-0.2, -0.15) is 0 Å². The van der Waals surface area contributed by atoms with Gasteiger partial charge in [0.2, 0.25) is 5.91 Å². The molecule has 1 saturated heterocycles. The van der Waals surface area contributed by atoms with Gasteiger partial charge < -0.3 is 15.4 Å². The largest absolute Gasteiger partial charge is 0.384 e. The van der Waals surface area contributed by atoms with Gasteiger partial charge in [-0.3, -0.25) is 14.2 Å². The molecule has 132 valence electrons. The third-order valence-corrected chi connectivity index (χ3v) is 5.45. The first-order valence-electron chi connectivity index (χ1n) is 7.61. The number of nitrogens with one attached hydrogen (secondary N) is 2. The number of aromatic nitrogens is 1. The van der Waals surface area contributed by atoms with Gasteiger partial charge in [0.15, 0.2) is 0 Å². The molecule has 0 aliphatic carbocycles. The quantitative estimate of drug-likeness (QED) is 0.793. The lowest BCUT2D eigenvalue weighted by molar-refractivity contribution is -0.122. The highest BCUT2D eigenvalue weighted by Crippen LogP contribution is 2.28. The van der Waals surface area contributed by atoms with Crippen molar-refractivity contribution in [1.29, 1.82) is 0 Å². The molecular formula is C15H26ClN3O3S. The summed E-state index contributed by atoms with van der Waals surface area (Å²) >= 11 is 1.19. The van der Waals surface area contributed by atoms with Crippen LogP contribution in [0.1, 0.15) is 23.4 Å². The minimum Gasteiger partial charge on any atom is -0.384 e. The molecule has 0 aromatic carbocycles. The molecule has 0 atom stereocenters. The van der Waals surface area contributed by atoms with Gasteiger partial charge in [0.1, 0.15) is 6.54 Å². The smallest absolute Gasteiger partial charge is 0.308 e. The molecule has 0 saturated carbocycles. The summed E-state index contributed by atoms with van der Waals surface area (Å²) in [6.45, 7) is 7.00. The van der Waals surface area contributed by atoms with E-state index in [2.05, 4.69) is 10.6 Å². The molecule has 2 heterocycles. The second-order valence-corrected chi connectivity index (χ2v) is 7.22. The second-order valence-electron chi connectivity index (χ2n) is 6.06. The van der Waals surface area contributed by atoms with Crippen LogP contribution in [0.3, 0.4) is 0 Å². The minimum absolute atomic E-state index is 0. The summed E-state index contributed by atoms with van der Waals surface area (Å²) in [6.07, 6.45) is 1.97. The molecule has 0 unspecified atom stereocenters. The Morgan fingerprint density at radius 3 is 2.57 bits per heavy atom. The van der Waals surface area contributed by atoms with Crippen LogP contribution in [0, 0.1) is 19.3 Å². The first-order valence-corrected chi connectivity index (χ1v) is 8.42. The average Bonchev–Trinajstić information content (AvgIpc) is 2.73. The maximum absolute atomic E-state index is 12.2. The first-order chi connectivity index (χ1) is 10.5. The number of hydrogen-bond donors (Lipinski definition) is 2. The van der Waals surface area contributed by atoms with Crippen LogP contribution in [0.25, 0.3) is 0 Å². The van der Waals surface area contributed by atoms with E-state index in [-0.39, 0.29) is 35.1 Å². The zero-order chi connectivity index (χ0) is 16.2. The lowest BCUT2D eigenvalue weighted by atomic mass is 9.79. The number of carbonyl (C=O) groups excluding carboxylic acids is 1. The topological polar surface area (TPSA) is 72.4 Å². The van der Waals surface area contributed by atoms with Crippen molar-refractivity contribution in [3.05, 3.63) is 20.2 Å². The number of carbonyl (C=O) groups is 1. The van der Waals surface area contributed by atoms with E-state index in [9.17, 15) is 9.59 Å². The van der Waals surface area contributed by atoms with E-state index >= 15 is 0 Å². The summed E-state index contributed by atoms with van der Waals surface area (Å²) in [4.78, 5) is 24.9. The van der Waals surface area contributed by atoms with Crippen LogP contribution in [-0.4, -0.2) is 43.8 Å². The van der Waals surface area contributed by atoms with Gasteiger partial charge in [-0.15, -0.1) is 12.4 Å². The molecule has 0 bridgehead atoms. The highest BCUT2D eigenvalue weighted by molar-refractivity contribution is 7.09. The van der Waals surface area contributed by atoms with Crippen molar-refractivity contribution < 1.29 is 9.53 Å². The average molecular weight is 364 g/mol. The summed E-state index contributed by atoms with van der Waals surface area (Å²) < 4.78 is 6.89. The summed E-state index contributed by atoms with van der Waals surface area (Å²) in [5.74, 6) is -0.114. The standard InChI is InChI=1S/C15H25N3O3S.ClH/c1-11-12(2)22-14(20)18(11)8-13(19)17-9-15(10-21-3)4-6-16-7-5-15;/h16H,4-10H2,1-3H3,(H,17,19);1H. The number of halogens is 1. The predicted octanol–water partition coefficient (Wildman–Crippen LogP) is 1.08. The molecule has 1 amide bonds. The Morgan fingerprint density at radius 1 is 1.39 bits per heavy atom. The third kappa shape index (κ3) is 5.04. The van der Waals surface area contributed by atoms with Crippen LogP contribution >= 0.6 is 23.7 Å². The summed E-state index contributed by atoms with van der Waals surface area (Å²) in [6, 6.07) is 0. The monoisotopic (exact) mass is 363 g/mol. The number of nitrogens with zero attached hydrogens (tertiary/aromatic N) is 1. The van der Waals surface area contributed by atoms with E-state index in [1.165, 1.54) is 11.3 Å². The fourth-order valence-electron chi connectivity index (χ4n) is 2.89. The number of piperidine rings is 1. The van der Waals surface area contributed by atoms with Gasteiger partial charge in [-0.25, -0.2) is 0 Å². The Balaban J connectivity index is 0.00000264. The predicted molar refractivity (Wildman–Crippen MR) is 94.7 cm³/mol. The molecule has 1 aliphatic heterocycles. The Bertz CT molecular complexity index is 574. The van der Waals surface area contributed by atoms with Crippen molar-refractivity contribution in [2.45, 2.75) is 33.2 Å². The van der Waals surface area contributed by atoms with Crippen LogP contribution in [0.5, 0.6) is 0 Å². The Labute approximate surface area is 147 Å². The third-order valence-electron chi connectivity index (χ3n) is 4.45. The molecule has 1 aromatic heterocycles. The van der Waals surface area contributed by atoms with Crippen molar-refractivity contribution in [3.8, 4) is 0 Å². The fourth-order valence-corrected chi connectivity index (χ4v) is 3.72. The zero-order valence-corrected chi connectivity index (χ0v) is 15.6. The van der Waals surface area contributed by atoms with E-state index < -0.39 is 0 Å². The van der Waals surface area contributed by atoms with E-state index in [4.69, 9.17) is 4.74 Å². The maximum Gasteiger partial charge on any atom is 0.308 e. The van der Waals surface area contributed by atoms with Gasteiger partial charge in [0, 0.05) is 29.6 Å². The molecule has 1 aliphatic rings. The lowest BCUT2D eigenvalue weighted by Crippen LogP contribution is -2.47.